The monoisotopic (exact) mass is 349 g/mol. The molecule has 1 aliphatic heterocycles. The van der Waals surface area contributed by atoms with Crippen molar-refractivity contribution in [3.05, 3.63) is 48.5 Å². The first-order chi connectivity index (χ1) is 12.4. The van der Waals surface area contributed by atoms with E-state index in [1.54, 1.807) is 24.8 Å². The zero-order chi connectivity index (χ0) is 17.1. The highest BCUT2D eigenvalue weighted by atomic mass is 32.1. The molecular weight excluding hydrogens is 334 g/mol. The molecule has 1 saturated heterocycles. The molecule has 1 aliphatic rings. The second-order valence-electron chi connectivity index (χ2n) is 5.59. The second kappa shape index (κ2) is 6.83. The van der Waals surface area contributed by atoms with Crippen LogP contribution >= 0.6 is 11.5 Å². The first-order valence-electron chi connectivity index (χ1n) is 7.94. The van der Waals surface area contributed by atoms with E-state index in [0.29, 0.717) is 5.56 Å². The van der Waals surface area contributed by atoms with Crippen molar-refractivity contribution >= 4 is 23.3 Å². The molecule has 3 aromatic rings. The number of hydrogen-bond donors (Lipinski definition) is 0. The van der Waals surface area contributed by atoms with Gasteiger partial charge in [0.2, 0.25) is 5.95 Å². The summed E-state index contributed by atoms with van der Waals surface area (Å²) in [5.74, 6) is 1.51. The Morgan fingerprint density at radius 1 is 1.00 bits per heavy atom. The van der Waals surface area contributed by atoms with Crippen LogP contribution in [0.25, 0.3) is 10.4 Å². The van der Waals surface area contributed by atoms with Gasteiger partial charge in [-0.15, -0.1) is 0 Å². The van der Waals surface area contributed by atoms with Gasteiger partial charge in [0.1, 0.15) is 11.6 Å². The Morgan fingerprint density at radius 2 is 1.76 bits per heavy atom. The molecule has 0 spiro atoms. The van der Waals surface area contributed by atoms with Crippen LogP contribution < -0.4 is 9.80 Å². The molecule has 124 valence electrons. The summed E-state index contributed by atoms with van der Waals surface area (Å²) in [4.78, 5) is 17.9. The fraction of sp³-hybridized carbons (Fsp3) is 0.235. The number of nitriles is 1. The van der Waals surface area contributed by atoms with Gasteiger partial charge in [-0.3, -0.25) is 4.98 Å². The number of rotatable bonds is 3. The van der Waals surface area contributed by atoms with Gasteiger partial charge in [-0.25, -0.2) is 9.97 Å². The molecule has 0 amide bonds. The van der Waals surface area contributed by atoms with E-state index in [0.717, 1.165) is 48.4 Å². The molecule has 0 saturated carbocycles. The van der Waals surface area contributed by atoms with Gasteiger partial charge in [0.15, 0.2) is 5.82 Å². The Bertz CT molecular complexity index is 880. The first-order valence-corrected chi connectivity index (χ1v) is 8.71. The zero-order valence-electron chi connectivity index (χ0n) is 13.4. The van der Waals surface area contributed by atoms with Crippen LogP contribution in [0, 0.1) is 11.3 Å². The Hall–Kier alpha value is -3.05. The van der Waals surface area contributed by atoms with Crippen molar-refractivity contribution in [1.29, 1.82) is 5.26 Å². The van der Waals surface area contributed by atoms with Crippen LogP contribution in [0.1, 0.15) is 5.56 Å². The fourth-order valence-corrected chi connectivity index (χ4v) is 3.70. The van der Waals surface area contributed by atoms with Gasteiger partial charge in [0, 0.05) is 56.5 Å². The minimum Gasteiger partial charge on any atom is -0.351 e. The molecule has 0 aromatic carbocycles. The van der Waals surface area contributed by atoms with E-state index in [9.17, 15) is 5.26 Å². The quantitative estimate of drug-likeness (QED) is 0.717. The maximum absolute atomic E-state index is 9.65. The molecular formula is C17H15N7S. The largest absolute Gasteiger partial charge is 0.351 e. The Labute approximate surface area is 149 Å². The van der Waals surface area contributed by atoms with E-state index in [1.807, 2.05) is 18.2 Å². The number of pyridine rings is 1. The van der Waals surface area contributed by atoms with Crippen molar-refractivity contribution in [3.8, 4) is 16.5 Å². The van der Waals surface area contributed by atoms with Gasteiger partial charge in [-0.1, -0.05) is 6.07 Å². The topological polar surface area (TPSA) is 81.8 Å². The van der Waals surface area contributed by atoms with Crippen LogP contribution in [0.15, 0.2) is 43.0 Å². The summed E-state index contributed by atoms with van der Waals surface area (Å²) in [6.07, 6.45) is 7.00. The summed E-state index contributed by atoms with van der Waals surface area (Å²) in [6.45, 7) is 3.16. The highest BCUT2D eigenvalue weighted by molar-refractivity contribution is 7.10. The first kappa shape index (κ1) is 15.5. The molecule has 0 unspecified atom stereocenters. The summed E-state index contributed by atoms with van der Waals surface area (Å²) < 4.78 is 4.55. The molecule has 0 N–H and O–H groups in total. The molecule has 4 heterocycles. The molecule has 0 atom stereocenters. The summed E-state index contributed by atoms with van der Waals surface area (Å²) in [7, 11) is 0. The van der Waals surface area contributed by atoms with Gasteiger partial charge >= 0.3 is 0 Å². The van der Waals surface area contributed by atoms with E-state index < -0.39 is 0 Å². The lowest BCUT2D eigenvalue weighted by Crippen LogP contribution is -2.47. The van der Waals surface area contributed by atoms with E-state index in [1.165, 1.54) is 11.5 Å². The van der Waals surface area contributed by atoms with Crippen LogP contribution in [-0.2, 0) is 0 Å². The SMILES string of the molecule is N#Cc1c(N2CCN(c3ncccn3)CC2)nsc1-c1cccnc1. The maximum atomic E-state index is 9.65. The van der Waals surface area contributed by atoms with Crippen LogP contribution in [0.4, 0.5) is 11.8 Å². The van der Waals surface area contributed by atoms with Crippen molar-refractivity contribution in [1.82, 2.24) is 19.3 Å². The van der Waals surface area contributed by atoms with E-state index in [-0.39, 0.29) is 0 Å². The minimum atomic E-state index is 0.627. The third kappa shape index (κ3) is 3.02. The smallest absolute Gasteiger partial charge is 0.225 e. The van der Waals surface area contributed by atoms with Gasteiger partial charge in [0.25, 0.3) is 0 Å². The van der Waals surface area contributed by atoms with Crippen molar-refractivity contribution in [3.63, 3.8) is 0 Å². The maximum Gasteiger partial charge on any atom is 0.225 e. The summed E-state index contributed by atoms with van der Waals surface area (Å²) in [6, 6.07) is 7.96. The lowest BCUT2D eigenvalue weighted by molar-refractivity contribution is 0.636. The molecule has 1 fully saturated rings. The second-order valence-corrected chi connectivity index (χ2v) is 6.36. The molecule has 4 rings (SSSR count). The van der Waals surface area contributed by atoms with E-state index in [2.05, 4.69) is 35.2 Å². The molecule has 0 bridgehead atoms. The summed E-state index contributed by atoms with van der Waals surface area (Å²) in [5, 5.41) is 9.65. The predicted octanol–water partition coefficient (Wildman–Crippen LogP) is 2.19. The molecule has 8 heteroatoms. The van der Waals surface area contributed by atoms with Crippen LogP contribution in [0.5, 0.6) is 0 Å². The number of hydrogen-bond acceptors (Lipinski definition) is 8. The van der Waals surface area contributed by atoms with Gasteiger partial charge < -0.3 is 9.80 Å². The average Bonchev–Trinajstić information content (AvgIpc) is 3.13. The van der Waals surface area contributed by atoms with Crippen LogP contribution in [0.3, 0.4) is 0 Å². The van der Waals surface area contributed by atoms with Crippen LogP contribution in [-0.4, -0.2) is 45.5 Å². The third-order valence-corrected chi connectivity index (χ3v) is 5.01. The Morgan fingerprint density at radius 3 is 2.44 bits per heavy atom. The van der Waals surface area contributed by atoms with Crippen molar-refractivity contribution in [2.24, 2.45) is 0 Å². The Kier molecular flexibility index (Phi) is 4.23. The number of nitrogens with zero attached hydrogens (tertiary/aromatic N) is 7. The van der Waals surface area contributed by atoms with Gasteiger partial charge in [-0.2, -0.15) is 9.64 Å². The Balaban J connectivity index is 1.54. The third-order valence-electron chi connectivity index (χ3n) is 4.12. The predicted molar refractivity (Wildman–Crippen MR) is 96.5 cm³/mol. The average molecular weight is 349 g/mol. The van der Waals surface area contributed by atoms with Crippen molar-refractivity contribution in [2.75, 3.05) is 36.0 Å². The normalized spacial score (nSPS) is 14.4. The summed E-state index contributed by atoms with van der Waals surface area (Å²) >= 11 is 1.35. The molecule has 3 aromatic heterocycles. The van der Waals surface area contributed by atoms with E-state index >= 15 is 0 Å². The molecule has 7 nitrogen and oxygen atoms in total. The van der Waals surface area contributed by atoms with Gasteiger partial charge in [0.05, 0.1) is 4.88 Å². The zero-order valence-corrected chi connectivity index (χ0v) is 14.2. The number of aromatic nitrogens is 4. The van der Waals surface area contributed by atoms with Crippen LogP contribution in [0.2, 0.25) is 0 Å². The minimum absolute atomic E-state index is 0.627. The highest BCUT2D eigenvalue weighted by Crippen LogP contribution is 2.34. The van der Waals surface area contributed by atoms with Gasteiger partial charge in [-0.05, 0) is 23.7 Å². The lowest BCUT2D eigenvalue weighted by Gasteiger charge is -2.34. The standard InChI is InChI=1S/C17H15N7S/c18-11-14-15(13-3-1-4-19-12-13)25-22-16(14)23-7-9-24(10-8-23)17-20-5-2-6-21-17/h1-6,12H,7-10H2. The fourth-order valence-electron chi connectivity index (χ4n) is 2.87. The van der Waals surface area contributed by atoms with Crippen molar-refractivity contribution in [2.45, 2.75) is 0 Å². The molecule has 0 aliphatic carbocycles. The molecule has 25 heavy (non-hydrogen) atoms. The number of anilines is 2. The van der Waals surface area contributed by atoms with Crippen molar-refractivity contribution < 1.29 is 0 Å². The number of piperazine rings is 1. The van der Waals surface area contributed by atoms with E-state index in [4.69, 9.17) is 0 Å². The highest BCUT2D eigenvalue weighted by Gasteiger charge is 2.25. The summed E-state index contributed by atoms with van der Waals surface area (Å²) in [5.41, 5.74) is 1.56. The molecule has 0 radical (unpaired) electrons. The lowest BCUT2D eigenvalue weighted by atomic mass is 10.1.